The van der Waals surface area contributed by atoms with E-state index in [0.717, 1.165) is 12.1 Å². The lowest BCUT2D eigenvalue weighted by atomic mass is 10.2. The molecular formula is C11H14N2O7P+. The Labute approximate surface area is 119 Å². The molecule has 0 amide bonds. The second-order valence-corrected chi connectivity index (χ2v) is 6.61. The van der Waals surface area contributed by atoms with Crippen LogP contribution in [0, 0.1) is 10.1 Å². The summed E-state index contributed by atoms with van der Waals surface area (Å²) in [5.41, 5.74) is 3.60. The molecule has 0 unspecified atom stereocenters. The molecule has 0 aliphatic rings. The van der Waals surface area contributed by atoms with Crippen molar-refractivity contribution in [3.63, 3.8) is 0 Å². The summed E-state index contributed by atoms with van der Waals surface area (Å²) < 4.78 is 0. The van der Waals surface area contributed by atoms with Gasteiger partial charge in [-0.15, -0.1) is 0 Å². The number of hydrogen-bond acceptors (Lipinski definition) is 7. The summed E-state index contributed by atoms with van der Waals surface area (Å²) >= 11 is 0. The van der Waals surface area contributed by atoms with Crippen LogP contribution in [-0.4, -0.2) is 43.5 Å². The van der Waals surface area contributed by atoms with Crippen LogP contribution in [0.3, 0.4) is 0 Å². The minimum Gasteiger partial charge on any atom is -0.480 e. The topological polar surface area (TPSA) is 164 Å². The number of nitro groups is 1. The molecule has 0 radical (unpaired) electrons. The number of rotatable bonds is 7. The van der Waals surface area contributed by atoms with Crippen molar-refractivity contribution < 1.29 is 29.4 Å². The minimum absolute atomic E-state index is 0.216. The molecule has 1 atom stereocenters. The van der Waals surface area contributed by atoms with Crippen molar-refractivity contribution in [2.45, 2.75) is 12.5 Å². The van der Waals surface area contributed by atoms with E-state index >= 15 is 0 Å². The van der Waals surface area contributed by atoms with Gasteiger partial charge in [-0.3, -0.25) is 14.9 Å². The van der Waals surface area contributed by atoms with E-state index in [1.807, 2.05) is 0 Å². The molecule has 0 heterocycles. The molecule has 5 N–H and O–H groups in total. The van der Waals surface area contributed by atoms with Crippen LogP contribution in [-0.2, 0) is 4.79 Å². The van der Waals surface area contributed by atoms with Gasteiger partial charge in [0.15, 0.2) is 0 Å². The van der Waals surface area contributed by atoms with Gasteiger partial charge in [-0.1, -0.05) is 6.07 Å². The van der Waals surface area contributed by atoms with E-state index in [4.69, 9.17) is 10.8 Å². The highest BCUT2D eigenvalue weighted by Crippen LogP contribution is 2.53. The summed E-state index contributed by atoms with van der Waals surface area (Å²) in [6.07, 6.45) is -0.793. The molecule has 9 nitrogen and oxygen atoms in total. The van der Waals surface area contributed by atoms with Crippen molar-refractivity contribution in [3.05, 3.63) is 39.9 Å². The molecule has 21 heavy (non-hydrogen) atoms. The molecule has 0 aliphatic carbocycles. The van der Waals surface area contributed by atoms with E-state index in [0.29, 0.717) is 0 Å². The molecular weight excluding hydrogens is 303 g/mol. The smallest absolute Gasteiger partial charge is 0.356 e. The number of nitrogens with two attached hydrogens (primary N) is 1. The maximum atomic E-state index is 12.0. The number of nitro benzene ring substituents is 1. The second kappa shape index (κ2) is 6.68. The van der Waals surface area contributed by atoms with Crippen LogP contribution in [0.15, 0.2) is 24.3 Å². The quantitative estimate of drug-likeness (QED) is 0.318. The van der Waals surface area contributed by atoms with Gasteiger partial charge in [0.1, 0.15) is 12.2 Å². The minimum atomic E-state index is -4.10. The fourth-order valence-electron chi connectivity index (χ4n) is 1.50. The predicted octanol–water partition coefficient (Wildman–Crippen LogP) is 0.369. The molecule has 1 rings (SSSR count). The predicted molar refractivity (Wildman–Crippen MR) is 73.9 cm³/mol. The van der Waals surface area contributed by atoms with Crippen LogP contribution in [0.2, 0.25) is 0 Å². The lowest BCUT2D eigenvalue weighted by molar-refractivity contribution is -0.384. The van der Waals surface area contributed by atoms with Gasteiger partial charge in [-0.05, 0) is 6.07 Å². The van der Waals surface area contributed by atoms with Gasteiger partial charge < -0.3 is 10.8 Å². The molecule has 0 saturated heterocycles. The molecule has 0 saturated carbocycles. The molecule has 0 aromatic heterocycles. The highest BCUT2D eigenvalue weighted by Gasteiger charge is 2.45. The van der Waals surface area contributed by atoms with Crippen LogP contribution < -0.4 is 5.73 Å². The summed E-state index contributed by atoms with van der Waals surface area (Å²) in [7, 11) is -4.10. The van der Waals surface area contributed by atoms with Gasteiger partial charge in [0.05, 0.1) is 10.5 Å². The summed E-state index contributed by atoms with van der Waals surface area (Å²) in [4.78, 5) is 52.0. The van der Waals surface area contributed by atoms with Gasteiger partial charge in [0.25, 0.3) is 5.69 Å². The molecule has 1 aromatic carbocycles. The van der Waals surface area contributed by atoms with E-state index in [9.17, 15) is 29.5 Å². The number of non-ortho nitro benzene ring substituents is 1. The standard InChI is InChI=1S/C11H13N2O7P/c12-9(10(14)15)4-5-21(19,20)11(16)7-2-1-3-8(6-7)13(17)18/h1-3,6,9,19-20H,4-5,12H2/p+1/t9-/m0/s1. The van der Waals surface area contributed by atoms with E-state index in [1.54, 1.807) is 0 Å². The Balaban J connectivity index is 2.87. The number of carboxylic acid groups (broad SMARTS) is 1. The Morgan fingerprint density at radius 3 is 2.52 bits per heavy atom. The third-order valence-electron chi connectivity index (χ3n) is 2.70. The van der Waals surface area contributed by atoms with Crippen LogP contribution in [0.4, 0.5) is 5.69 Å². The van der Waals surface area contributed by atoms with Gasteiger partial charge in [0, 0.05) is 18.6 Å². The van der Waals surface area contributed by atoms with Crippen molar-refractivity contribution in [2.24, 2.45) is 5.73 Å². The van der Waals surface area contributed by atoms with Crippen molar-refractivity contribution in [1.82, 2.24) is 0 Å². The monoisotopic (exact) mass is 317 g/mol. The van der Waals surface area contributed by atoms with Gasteiger partial charge >= 0.3 is 19.2 Å². The number of carbonyl (C=O) groups excluding carboxylic acids is 1. The SMILES string of the molecule is N[C@@H](CC[P+](O)(O)C(=O)c1cccc([N+](=O)[O-])c1)C(=O)O. The molecule has 0 bridgehead atoms. The normalized spacial score (nSPS) is 12.7. The highest BCUT2D eigenvalue weighted by atomic mass is 31.2. The first kappa shape index (κ1) is 17.1. The summed E-state index contributed by atoms with van der Waals surface area (Å²) in [6, 6.07) is 3.23. The summed E-state index contributed by atoms with van der Waals surface area (Å²) in [6.45, 7) is 0. The third-order valence-corrected chi connectivity index (χ3v) is 4.49. The number of carbonyl (C=O) groups is 2. The van der Waals surface area contributed by atoms with E-state index in [2.05, 4.69) is 0 Å². The molecule has 0 aliphatic heterocycles. The number of hydrogen-bond donors (Lipinski definition) is 4. The zero-order chi connectivity index (χ0) is 16.2. The maximum Gasteiger partial charge on any atom is 0.356 e. The molecule has 1 aromatic rings. The average Bonchev–Trinajstić information content (AvgIpc) is 2.43. The van der Waals surface area contributed by atoms with E-state index < -0.39 is 36.3 Å². The largest absolute Gasteiger partial charge is 0.480 e. The Morgan fingerprint density at radius 2 is 2.00 bits per heavy atom. The van der Waals surface area contributed by atoms with Crippen LogP contribution in [0.5, 0.6) is 0 Å². The maximum absolute atomic E-state index is 12.0. The second-order valence-electron chi connectivity index (χ2n) is 4.30. The first-order chi connectivity index (χ1) is 9.65. The molecule has 0 fully saturated rings. The van der Waals surface area contributed by atoms with Crippen LogP contribution >= 0.6 is 7.72 Å². The van der Waals surface area contributed by atoms with E-state index in [-0.39, 0.29) is 17.7 Å². The summed E-state index contributed by atoms with van der Waals surface area (Å²) in [5, 5.41) is 19.2. The zero-order valence-corrected chi connectivity index (χ0v) is 11.6. The van der Waals surface area contributed by atoms with Crippen LogP contribution in [0.1, 0.15) is 16.8 Å². The van der Waals surface area contributed by atoms with Crippen LogP contribution in [0.25, 0.3) is 0 Å². The molecule has 0 spiro atoms. The number of aliphatic carboxylic acids is 1. The highest BCUT2D eigenvalue weighted by molar-refractivity contribution is 7.81. The van der Waals surface area contributed by atoms with Crippen molar-refractivity contribution in [2.75, 3.05) is 6.16 Å². The van der Waals surface area contributed by atoms with E-state index in [1.165, 1.54) is 12.1 Å². The first-order valence-corrected chi connectivity index (χ1v) is 7.64. The third kappa shape index (κ3) is 4.54. The average molecular weight is 317 g/mol. The Kier molecular flexibility index (Phi) is 5.45. The Bertz CT molecular complexity index is 575. The molecule has 114 valence electrons. The Hall–Kier alpha value is -1.93. The van der Waals surface area contributed by atoms with Crippen molar-refractivity contribution in [3.8, 4) is 0 Å². The first-order valence-electron chi connectivity index (χ1n) is 5.76. The van der Waals surface area contributed by atoms with Gasteiger partial charge in [-0.2, -0.15) is 0 Å². The number of nitrogens with zero attached hydrogens (tertiary/aromatic N) is 1. The Morgan fingerprint density at radius 1 is 1.38 bits per heavy atom. The van der Waals surface area contributed by atoms with Crippen molar-refractivity contribution in [1.29, 1.82) is 0 Å². The summed E-state index contributed by atoms with van der Waals surface area (Å²) in [5.74, 6) is -1.32. The number of carboxylic acids is 1. The lowest BCUT2D eigenvalue weighted by Crippen LogP contribution is -2.31. The van der Waals surface area contributed by atoms with Gasteiger partial charge in [0.2, 0.25) is 0 Å². The molecule has 10 heteroatoms. The lowest BCUT2D eigenvalue weighted by Gasteiger charge is -2.12. The zero-order valence-electron chi connectivity index (χ0n) is 10.7. The number of benzene rings is 1. The van der Waals surface area contributed by atoms with Crippen molar-refractivity contribution >= 4 is 24.9 Å². The van der Waals surface area contributed by atoms with Gasteiger partial charge in [-0.25, -0.2) is 14.6 Å². The fourth-order valence-corrected chi connectivity index (χ4v) is 2.90. The fraction of sp³-hybridized carbons (Fsp3) is 0.273.